The molecule has 0 bridgehead atoms. The van der Waals surface area contributed by atoms with Crippen molar-refractivity contribution in [1.29, 1.82) is 0 Å². The first-order valence-corrected chi connectivity index (χ1v) is 52.4. The van der Waals surface area contributed by atoms with Crippen molar-refractivity contribution in [2.75, 3.05) is 186 Å². The van der Waals surface area contributed by atoms with E-state index in [0.29, 0.717) is 58.0 Å². The van der Waals surface area contributed by atoms with Crippen molar-refractivity contribution < 1.29 is 112 Å². The number of pyridine rings is 3. The van der Waals surface area contributed by atoms with Gasteiger partial charge in [-0.25, -0.2) is 26.9 Å². The molecule has 33 nitrogen and oxygen atoms in total. The van der Waals surface area contributed by atoms with E-state index < -0.39 is 53.8 Å². The number of rotatable bonds is 26. The van der Waals surface area contributed by atoms with Gasteiger partial charge in [0.05, 0.1) is 56.3 Å². The summed E-state index contributed by atoms with van der Waals surface area (Å²) in [5.41, 5.74) is 25.7. The van der Waals surface area contributed by atoms with Gasteiger partial charge in [-0.05, 0) is 291 Å². The number of halogens is 13. The molecule has 5 aromatic carbocycles. The van der Waals surface area contributed by atoms with Gasteiger partial charge in [0.25, 0.3) is 5.69 Å². The maximum Gasteiger partial charge on any atom is 0.495 e. The van der Waals surface area contributed by atoms with Gasteiger partial charge in [-0.3, -0.25) is 42.8 Å². The molecule has 0 aliphatic carbocycles. The minimum Gasteiger partial charge on any atom is -0.405 e. The summed E-state index contributed by atoms with van der Waals surface area (Å²) in [5.74, 6) is -1.70. The van der Waals surface area contributed by atoms with Gasteiger partial charge in [0.2, 0.25) is 0 Å². The number of alkyl halides is 3. The van der Waals surface area contributed by atoms with Crippen LogP contribution in [0.2, 0.25) is 0 Å². The molecular weight excluding hydrogens is 2720 g/mol. The Morgan fingerprint density at radius 2 is 0.814 bits per heavy atom. The Kier molecular flexibility index (Phi) is 74.8. The van der Waals surface area contributed by atoms with E-state index in [0.717, 1.165) is 87.5 Å². The number of nitrogen functional groups attached to an aromatic ring is 3. The topological polar surface area (TPSA) is 436 Å². The molecule has 14 N–H and O–H groups in total. The van der Waals surface area contributed by atoms with E-state index in [1.807, 2.05) is 177 Å². The molecule has 0 saturated carbocycles. The molecular formula is C94H143B3Br3F5I5N19O14V2-2. The van der Waals surface area contributed by atoms with Crippen LogP contribution in [-0.2, 0) is 65.0 Å². The molecule has 3 aliphatic heterocycles. The first kappa shape index (κ1) is 147. The first-order chi connectivity index (χ1) is 66.1. The second-order valence-corrected chi connectivity index (χ2v) is 50.7. The normalized spacial score (nSPS) is 14.1. The van der Waals surface area contributed by atoms with Crippen molar-refractivity contribution in [1.82, 2.24) is 39.5 Å². The van der Waals surface area contributed by atoms with Gasteiger partial charge in [0.1, 0.15) is 52.4 Å². The number of carbonyl (C=O) groups is 1. The van der Waals surface area contributed by atoms with Crippen molar-refractivity contribution >= 4 is 245 Å². The number of aromatic nitrogens is 3. The van der Waals surface area contributed by atoms with Crippen LogP contribution in [0.1, 0.15) is 128 Å². The summed E-state index contributed by atoms with van der Waals surface area (Å²) in [6.45, 7) is 42.8. The molecule has 3 aromatic heterocycles. The molecule has 3 aliphatic rings. The molecule has 3 fully saturated rings. The van der Waals surface area contributed by atoms with E-state index in [9.17, 15) is 47.0 Å². The molecule has 11 rings (SSSR count). The molecule has 0 amide bonds. The van der Waals surface area contributed by atoms with Gasteiger partial charge >= 0.3 is 26.8 Å². The number of aliphatic hydroxyl groups excluding tert-OH is 1. The standard InChI is InChI=1S/C16H26BFN2O2.C15H18FN5O2.C15H19FN4.C12H24B2O4.C10H14BrFN2.C7H4BrFO.C5H4BrN3O2.C4H12N2.C3H5I3.2C3H6I.CH4O.HNO2.2V/c1-15(2)16(3,4)22-17(21-15)12-9-13(18)11-14(10-12)19-7-8-20(5)6;1-20(2)6-5-18-12-8-10(7-11(16)9-12)15-14(17)13(21(22)23)3-4-19-15;1-20(2)7-6-18-13-9-11(8-12(16)10-13)15-14(17)4-3-5-19-15;1-9(2)10(3,4)16-13(15-9)14-17-11(5,6)12(7,8)18-14;1-14(2)4-3-13-10-6-8(11)5-9(12)7-10;8-6-1-5(4-10)2-7(9)3-6;6-5-4(9(10)11)3(7)1-2-8-5;1-6(2)4-3-5;1-3(5,6)2-4;2*1-3(2)4;1-2;2-1-3;;/h9-11,19H,7-8H2,1-6H3;3-4,7-9,18H,5-6,17H2,1-2H3;3-5,8-10,18H,6-7,17H2,1-2H3;1-8H3;5-7,13H,3-4H2,1-2H3;1-4H;1-2H,(H2,7,8);3-5H2,1-2H3;2H2,1H3;2*1-2H3;2H,1H3;(H,2,3);;/q;;;;;;;;;2*-1;;;;. The Bertz CT molecular complexity index is 4950. The van der Waals surface area contributed by atoms with Crippen LogP contribution >= 0.6 is 161 Å². The fourth-order valence-electron chi connectivity index (χ4n) is 10.9. The summed E-state index contributed by atoms with van der Waals surface area (Å²) in [7, 11) is 19.4. The Hall–Kier alpha value is -4.40. The zero-order valence-electron chi connectivity index (χ0n) is 87.6. The maximum absolute atomic E-state index is 13.9. The quantitative estimate of drug-likeness (QED) is 0.00230. The molecule has 51 heteroatoms. The summed E-state index contributed by atoms with van der Waals surface area (Å²) < 4.78 is 109. The average molecular weight is 2870 g/mol. The Morgan fingerprint density at radius 3 is 1.12 bits per heavy atom. The molecule has 8 aromatic rings. The third kappa shape index (κ3) is 61.3. The van der Waals surface area contributed by atoms with Gasteiger partial charge in [-0.1, -0.05) is 99.6 Å². The van der Waals surface area contributed by atoms with Crippen LogP contribution in [-0.4, -0.2) is 270 Å². The number of hydrogen-bond donors (Lipinski definition) is 10. The van der Waals surface area contributed by atoms with Crippen molar-refractivity contribution in [3.63, 3.8) is 0 Å². The largest absolute Gasteiger partial charge is 0.495 e. The van der Waals surface area contributed by atoms with Crippen LogP contribution in [0.15, 0.2) is 153 Å². The number of likely N-dealkylation sites (N-methyl/N-ethyl adjacent to an activating group) is 5. The van der Waals surface area contributed by atoms with Crippen molar-refractivity contribution in [2.24, 2.45) is 11.1 Å². The van der Waals surface area contributed by atoms with Crippen LogP contribution in [0.3, 0.4) is 0 Å². The average Bonchev–Trinajstić information content (AvgIpc) is 1.59. The molecule has 3 saturated heterocycles. The van der Waals surface area contributed by atoms with Gasteiger partial charge in [-0.15, -0.1) is 4.91 Å². The molecule has 0 spiro atoms. The van der Waals surface area contributed by atoms with E-state index in [-0.39, 0.29) is 110 Å². The Morgan fingerprint density at radius 1 is 0.497 bits per heavy atom. The number of nitro groups is 2. The number of benzene rings is 5. The minimum atomic E-state index is -0.587. The monoisotopic (exact) mass is 2860 g/mol. The molecule has 0 unspecified atom stereocenters. The summed E-state index contributed by atoms with van der Waals surface area (Å²) in [6, 6.07) is 28.8. The number of aliphatic hydroxyl groups is 1. The van der Waals surface area contributed by atoms with Crippen LogP contribution < -0.4 is 49.7 Å². The van der Waals surface area contributed by atoms with Crippen LogP contribution in [0.4, 0.5) is 73.1 Å². The zero-order valence-corrected chi connectivity index (χ0v) is 106. The molecule has 810 valence electrons. The smallest absolute Gasteiger partial charge is 0.405 e. The van der Waals surface area contributed by atoms with Crippen LogP contribution in [0.5, 0.6) is 0 Å². The number of nitrogens with one attached hydrogen (secondary N) is 4. The maximum atomic E-state index is 13.9. The van der Waals surface area contributed by atoms with Gasteiger partial charge < -0.3 is 152 Å². The zero-order chi connectivity index (χ0) is 111. The third-order valence-corrected chi connectivity index (χ3v) is 26.6. The number of nitrogens with two attached hydrogens (primary N) is 4. The van der Waals surface area contributed by atoms with Gasteiger partial charge in [-0.2, -0.15) is 27.7 Å². The predicted octanol–water partition coefficient (Wildman–Crippen LogP) is 21.7. The first-order valence-electron chi connectivity index (χ1n) is 44.2. The van der Waals surface area contributed by atoms with Gasteiger partial charge in [0.15, 0.2) is 9.94 Å². The van der Waals surface area contributed by atoms with E-state index in [4.69, 9.17) is 66.1 Å². The van der Waals surface area contributed by atoms with Crippen molar-refractivity contribution in [3.05, 3.63) is 215 Å². The summed E-state index contributed by atoms with van der Waals surface area (Å²) in [4.78, 5) is 60.5. The second-order valence-electron chi connectivity index (χ2n) is 36.2. The molecule has 6 heterocycles. The number of hydrogen-bond acceptors (Lipinski definition) is 30. The fourth-order valence-corrected chi connectivity index (χ4v) is 12.3. The van der Waals surface area contributed by atoms with Crippen molar-refractivity contribution in [2.45, 2.75) is 153 Å². The fraction of sp³-hybridized carbons (Fsp3) is 0.489. The van der Waals surface area contributed by atoms with E-state index in [1.54, 1.807) is 30.5 Å². The van der Waals surface area contributed by atoms with E-state index >= 15 is 0 Å². The summed E-state index contributed by atoms with van der Waals surface area (Å²) in [6.07, 6.45) is 4.93. The van der Waals surface area contributed by atoms with E-state index in [2.05, 4.69) is 251 Å². The number of anilines is 7. The van der Waals surface area contributed by atoms with Crippen molar-refractivity contribution in [3.8, 4) is 22.5 Å². The second kappa shape index (κ2) is 73.8. The molecule has 145 heavy (non-hydrogen) atoms. The molecule has 2 radical (unpaired) electrons. The van der Waals surface area contributed by atoms with Crippen LogP contribution in [0, 0.1) is 62.1 Å². The summed E-state index contributed by atoms with van der Waals surface area (Å²) in [5, 5.41) is 48.8. The Balaban J connectivity index is -0.000000775. The molecule has 0 atom stereocenters. The van der Waals surface area contributed by atoms with Gasteiger partial charge in [0, 0.05) is 187 Å². The number of aldehydes is 1. The SMILES string of the molecule is CC(I)(I)CI.CC1(C)OB(B2OC(C)(C)C(C)(C)O2)OC1(C)C.CN(C)CCN.CN(C)CCNc1cc(F)cc(-c2nccc([N+](=O)[O-])c2N)c1.CN(C)CCNc1cc(F)cc(-c2ncccc2N)c1.CN(C)CCNc1cc(F)cc(B2OC(C)(C)C(C)(C)O2)c1.CN(C)CCNc1cc(F)cc(Br)c1.CO.C[C-](C)I.C[C-](C)I.Nc1ccnc(Br)c1[N+](=O)[O-].O=Cc1cc(F)cc(Br)c1.O=NO.[V].[V]. The predicted molar refractivity (Wildman–Crippen MR) is 630 cm³/mol. The Labute approximate surface area is 973 Å². The third-order valence-electron chi connectivity index (χ3n) is 19.9. The van der Waals surface area contributed by atoms with E-state index in [1.165, 1.54) is 103 Å². The minimum absolute atomic E-state index is 0. The van der Waals surface area contributed by atoms with Crippen LogP contribution in [0.25, 0.3) is 22.5 Å². The number of nitrogens with zero attached hydrogens (tertiary/aromatic N) is 11. The number of carbonyl (C=O) groups excluding carboxylic acids is 1. The summed E-state index contributed by atoms with van der Waals surface area (Å²) >= 11 is 21.0.